The first-order chi connectivity index (χ1) is 9.04. The van der Waals surface area contributed by atoms with Crippen LogP contribution in [0, 0.1) is 6.92 Å². The topological polar surface area (TPSA) is 49.4 Å². The number of rotatable bonds is 4. The second kappa shape index (κ2) is 5.13. The number of hydrogen-bond donors (Lipinski definition) is 1. The molecule has 0 bridgehead atoms. The van der Waals surface area contributed by atoms with Crippen molar-refractivity contribution in [2.45, 2.75) is 19.8 Å². The molecule has 0 aliphatic rings. The van der Waals surface area contributed by atoms with Crippen LogP contribution in [-0.4, -0.2) is 25.3 Å². The maximum Gasteiger partial charge on any atom is 0.132 e. The van der Waals surface area contributed by atoms with Crippen LogP contribution in [0.15, 0.2) is 12.1 Å². The normalized spacial score (nSPS) is 12.7. The number of aromatic nitrogens is 1. The van der Waals surface area contributed by atoms with Crippen LogP contribution in [0.3, 0.4) is 0 Å². The average Bonchev–Trinajstić information content (AvgIpc) is 2.69. The smallest absolute Gasteiger partial charge is 0.132 e. The molecule has 1 unspecified atom stereocenters. The summed E-state index contributed by atoms with van der Waals surface area (Å²) >= 11 is 0. The highest BCUT2D eigenvalue weighted by molar-refractivity contribution is 5.93. The summed E-state index contributed by atoms with van der Waals surface area (Å²) < 4.78 is 13.0. The van der Waals surface area contributed by atoms with Crippen molar-refractivity contribution in [3.8, 4) is 11.5 Å². The van der Waals surface area contributed by atoms with Gasteiger partial charge in [0.15, 0.2) is 0 Å². The molecule has 4 nitrogen and oxygen atoms in total. The van der Waals surface area contributed by atoms with Gasteiger partial charge in [0.1, 0.15) is 11.5 Å². The molecule has 0 radical (unpaired) electrons. The Bertz CT molecular complexity index is 602. The molecule has 0 aliphatic carbocycles. The minimum atomic E-state index is 0.297. The third-order valence-electron chi connectivity index (χ3n) is 3.88. The Morgan fingerprint density at radius 2 is 1.95 bits per heavy atom. The van der Waals surface area contributed by atoms with Crippen molar-refractivity contribution in [1.82, 2.24) is 4.57 Å². The standard InChI is InChI=1S/C15H22N2O2/c1-9(8-16)14-10(2)17(3)12-6-11(18-4)7-13(19-5)15(12)14/h6-7,9H,8,16H2,1-5H3. The Labute approximate surface area is 114 Å². The minimum Gasteiger partial charge on any atom is -0.497 e. The van der Waals surface area contributed by atoms with Gasteiger partial charge in [-0.15, -0.1) is 0 Å². The molecule has 2 rings (SSSR count). The Hall–Kier alpha value is -1.68. The summed E-state index contributed by atoms with van der Waals surface area (Å²) in [5.41, 5.74) is 9.45. The van der Waals surface area contributed by atoms with Crippen LogP contribution in [-0.2, 0) is 7.05 Å². The van der Waals surface area contributed by atoms with Gasteiger partial charge in [0.05, 0.1) is 19.7 Å². The van der Waals surface area contributed by atoms with E-state index in [1.165, 1.54) is 11.3 Å². The maximum atomic E-state index is 5.85. The number of nitrogens with two attached hydrogens (primary N) is 1. The third-order valence-corrected chi connectivity index (χ3v) is 3.88. The van der Waals surface area contributed by atoms with Crippen molar-refractivity contribution in [2.24, 2.45) is 12.8 Å². The number of fused-ring (bicyclic) bond motifs is 1. The van der Waals surface area contributed by atoms with E-state index >= 15 is 0 Å². The first-order valence-corrected chi connectivity index (χ1v) is 6.46. The van der Waals surface area contributed by atoms with E-state index in [1.807, 2.05) is 12.1 Å². The third kappa shape index (κ3) is 2.06. The molecule has 104 valence electrons. The molecule has 1 aromatic carbocycles. The monoisotopic (exact) mass is 262 g/mol. The second-order valence-electron chi connectivity index (χ2n) is 4.92. The molecule has 1 aromatic heterocycles. The molecule has 19 heavy (non-hydrogen) atoms. The molecule has 0 spiro atoms. The van der Waals surface area contributed by atoms with Crippen LogP contribution in [0.1, 0.15) is 24.1 Å². The van der Waals surface area contributed by atoms with E-state index in [9.17, 15) is 0 Å². The van der Waals surface area contributed by atoms with Crippen LogP contribution in [0.5, 0.6) is 11.5 Å². The molecule has 1 heterocycles. The quantitative estimate of drug-likeness (QED) is 0.921. The van der Waals surface area contributed by atoms with E-state index in [4.69, 9.17) is 15.2 Å². The SMILES string of the molecule is COc1cc(OC)c2c(C(C)CN)c(C)n(C)c2c1. The number of aryl methyl sites for hydroxylation is 1. The molecule has 0 saturated heterocycles. The van der Waals surface area contributed by atoms with Gasteiger partial charge >= 0.3 is 0 Å². The van der Waals surface area contributed by atoms with Crippen molar-refractivity contribution < 1.29 is 9.47 Å². The lowest BCUT2D eigenvalue weighted by molar-refractivity contribution is 0.397. The fraction of sp³-hybridized carbons (Fsp3) is 0.467. The fourth-order valence-corrected chi connectivity index (χ4v) is 2.65. The number of hydrogen-bond acceptors (Lipinski definition) is 3. The van der Waals surface area contributed by atoms with Gasteiger partial charge in [0, 0.05) is 30.3 Å². The zero-order valence-corrected chi connectivity index (χ0v) is 12.3. The van der Waals surface area contributed by atoms with E-state index in [2.05, 4.69) is 25.5 Å². The van der Waals surface area contributed by atoms with Crippen molar-refractivity contribution in [1.29, 1.82) is 0 Å². The van der Waals surface area contributed by atoms with Crippen molar-refractivity contribution in [2.75, 3.05) is 20.8 Å². The second-order valence-corrected chi connectivity index (χ2v) is 4.92. The van der Waals surface area contributed by atoms with E-state index in [-0.39, 0.29) is 0 Å². The zero-order chi connectivity index (χ0) is 14.2. The van der Waals surface area contributed by atoms with Crippen molar-refractivity contribution in [3.63, 3.8) is 0 Å². The lowest BCUT2D eigenvalue weighted by atomic mass is 9.97. The molecular formula is C15H22N2O2. The zero-order valence-electron chi connectivity index (χ0n) is 12.3. The summed E-state index contributed by atoms with van der Waals surface area (Å²) in [5.74, 6) is 1.94. The van der Waals surface area contributed by atoms with Crippen LogP contribution in [0.4, 0.5) is 0 Å². The van der Waals surface area contributed by atoms with Gasteiger partial charge < -0.3 is 19.8 Å². The molecule has 0 aliphatic heterocycles. The first-order valence-electron chi connectivity index (χ1n) is 6.46. The van der Waals surface area contributed by atoms with Gasteiger partial charge in [-0.3, -0.25) is 0 Å². The van der Waals surface area contributed by atoms with Gasteiger partial charge in [-0.05, 0) is 24.9 Å². The molecule has 2 N–H and O–H groups in total. The number of nitrogens with zero attached hydrogens (tertiary/aromatic N) is 1. The molecular weight excluding hydrogens is 240 g/mol. The van der Waals surface area contributed by atoms with Gasteiger partial charge in [-0.1, -0.05) is 6.92 Å². The maximum absolute atomic E-state index is 5.85. The minimum absolute atomic E-state index is 0.297. The van der Waals surface area contributed by atoms with Gasteiger partial charge in [-0.25, -0.2) is 0 Å². The number of benzene rings is 1. The summed E-state index contributed by atoms with van der Waals surface area (Å²) in [7, 11) is 5.41. The van der Waals surface area contributed by atoms with E-state index in [0.29, 0.717) is 12.5 Å². The fourth-order valence-electron chi connectivity index (χ4n) is 2.65. The van der Waals surface area contributed by atoms with Gasteiger partial charge in [0.2, 0.25) is 0 Å². The summed E-state index contributed by atoms with van der Waals surface area (Å²) in [6.07, 6.45) is 0. The molecule has 0 amide bonds. The molecule has 4 heteroatoms. The van der Waals surface area contributed by atoms with Crippen LogP contribution < -0.4 is 15.2 Å². The predicted octanol–water partition coefficient (Wildman–Crippen LogP) is 2.57. The van der Waals surface area contributed by atoms with E-state index in [0.717, 1.165) is 22.4 Å². The lowest BCUT2D eigenvalue weighted by Crippen LogP contribution is -2.10. The molecule has 0 fully saturated rings. The molecule has 0 saturated carbocycles. The Morgan fingerprint density at radius 1 is 1.26 bits per heavy atom. The number of ether oxygens (including phenoxy) is 2. The van der Waals surface area contributed by atoms with Crippen molar-refractivity contribution in [3.05, 3.63) is 23.4 Å². The Balaban J connectivity index is 2.86. The summed E-state index contributed by atoms with van der Waals surface area (Å²) in [5, 5.41) is 1.14. The first kappa shape index (κ1) is 13.7. The largest absolute Gasteiger partial charge is 0.497 e. The van der Waals surface area contributed by atoms with Crippen LogP contribution >= 0.6 is 0 Å². The predicted molar refractivity (Wildman–Crippen MR) is 78.2 cm³/mol. The molecule has 1 atom stereocenters. The summed E-state index contributed by atoms with van der Waals surface area (Å²) in [6, 6.07) is 3.96. The van der Waals surface area contributed by atoms with E-state index in [1.54, 1.807) is 14.2 Å². The highest BCUT2D eigenvalue weighted by atomic mass is 16.5. The van der Waals surface area contributed by atoms with Crippen molar-refractivity contribution >= 4 is 10.9 Å². The lowest BCUT2D eigenvalue weighted by Gasteiger charge is -2.12. The number of methoxy groups -OCH3 is 2. The molecule has 2 aromatic rings. The Morgan fingerprint density at radius 3 is 2.47 bits per heavy atom. The van der Waals surface area contributed by atoms with Crippen LogP contribution in [0.25, 0.3) is 10.9 Å². The highest BCUT2D eigenvalue weighted by Crippen LogP contribution is 2.39. The summed E-state index contributed by atoms with van der Waals surface area (Å²) in [4.78, 5) is 0. The van der Waals surface area contributed by atoms with Crippen LogP contribution in [0.2, 0.25) is 0 Å². The Kier molecular flexibility index (Phi) is 3.71. The van der Waals surface area contributed by atoms with Gasteiger partial charge in [0.25, 0.3) is 0 Å². The highest BCUT2D eigenvalue weighted by Gasteiger charge is 2.20. The van der Waals surface area contributed by atoms with E-state index < -0.39 is 0 Å². The average molecular weight is 262 g/mol. The summed E-state index contributed by atoms with van der Waals surface area (Å²) in [6.45, 7) is 4.88. The van der Waals surface area contributed by atoms with Gasteiger partial charge in [-0.2, -0.15) is 0 Å².